The van der Waals surface area contributed by atoms with Crippen molar-refractivity contribution >= 4 is 17.7 Å². The first-order chi connectivity index (χ1) is 12.7. The fourth-order valence-corrected chi connectivity index (χ4v) is 3.60. The molecule has 0 bridgehead atoms. The number of benzene rings is 1. The molecule has 1 aromatic heterocycles. The summed E-state index contributed by atoms with van der Waals surface area (Å²) in [6.45, 7) is 6.73. The van der Waals surface area contributed by atoms with Gasteiger partial charge in [0.25, 0.3) is 0 Å². The molecular formula is C19H28N4O2S. The Balaban J connectivity index is 2.03. The van der Waals surface area contributed by atoms with Crippen LogP contribution in [0.2, 0.25) is 0 Å². The van der Waals surface area contributed by atoms with Gasteiger partial charge in [-0.3, -0.25) is 4.79 Å². The Hall–Kier alpha value is -1.86. The highest BCUT2D eigenvalue weighted by Crippen LogP contribution is 2.19. The molecule has 0 radical (unpaired) electrons. The standard InChI is InChI=1S/C19H28N4O2S/c1-4-22(5-2)18(24)15-26-19-21-20-17(23(19)13-14-25-3)12-11-16-9-7-6-8-10-16/h6-10H,4-5,11-15H2,1-3H3. The summed E-state index contributed by atoms with van der Waals surface area (Å²) in [7, 11) is 1.69. The average molecular weight is 377 g/mol. The molecular weight excluding hydrogens is 348 g/mol. The van der Waals surface area contributed by atoms with Crippen molar-refractivity contribution in [1.82, 2.24) is 19.7 Å². The zero-order valence-electron chi connectivity index (χ0n) is 15.9. The summed E-state index contributed by atoms with van der Waals surface area (Å²) < 4.78 is 7.30. The van der Waals surface area contributed by atoms with Crippen LogP contribution in [0.1, 0.15) is 25.2 Å². The van der Waals surface area contributed by atoms with E-state index < -0.39 is 0 Å². The van der Waals surface area contributed by atoms with Crippen LogP contribution >= 0.6 is 11.8 Å². The van der Waals surface area contributed by atoms with Crippen LogP contribution in [0.3, 0.4) is 0 Å². The van der Waals surface area contributed by atoms with E-state index in [2.05, 4.69) is 26.9 Å². The molecule has 0 saturated carbocycles. The van der Waals surface area contributed by atoms with Crippen molar-refractivity contribution in [3.05, 3.63) is 41.7 Å². The topological polar surface area (TPSA) is 60.2 Å². The van der Waals surface area contributed by atoms with Gasteiger partial charge in [0.15, 0.2) is 5.16 Å². The SMILES string of the molecule is CCN(CC)C(=O)CSc1nnc(CCc2ccccc2)n1CCOC. The minimum atomic E-state index is 0.132. The molecule has 0 N–H and O–H groups in total. The van der Waals surface area contributed by atoms with Crippen molar-refractivity contribution in [2.75, 3.05) is 32.6 Å². The van der Waals surface area contributed by atoms with Gasteiger partial charge in [-0.05, 0) is 25.8 Å². The van der Waals surface area contributed by atoms with E-state index in [9.17, 15) is 4.79 Å². The smallest absolute Gasteiger partial charge is 0.233 e. The summed E-state index contributed by atoms with van der Waals surface area (Å²) in [6.07, 6.45) is 1.72. The second-order valence-electron chi connectivity index (χ2n) is 5.88. The second kappa shape index (κ2) is 11.0. The predicted octanol–water partition coefficient (Wildman–Crippen LogP) is 2.67. The summed E-state index contributed by atoms with van der Waals surface area (Å²) in [5, 5.41) is 9.46. The number of methoxy groups -OCH3 is 1. The van der Waals surface area contributed by atoms with E-state index in [4.69, 9.17) is 4.74 Å². The van der Waals surface area contributed by atoms with Gasteiger partial charge in [0.1, 0.15) is 5.82 Å². The lowest BCUT2D eigenvalue weighted by atomic mass is 10.1. The van der Waals surface area contributed by atoms with Crippen molar-refractivity contribution in [2.24, 2.45) is 0 Å². The fraction of sp³-hybridized carbons (Fsp3) is 0.526. The molecule has 1 amide bonds. The fourth-order valence-electron chi connectivity index (χ4n) is 2.71. The number of rotatable bonds is 11. The van der Waals surface area contributed by atoms with E-state index >= 15 is 0 Å². The maximum absolute atomic E-state index is 12.2. The number of carbonyl (C=O) groups excluding carboxylic acids is 1. The molecule has 0 fully saturated rings. The van der Waals surface area contributed by atoms with E-state index in [1.807, 2.05) is 36.9 Å². The quantitative estimate of drug-likeness (QED) is 0.564. The Morgan fingerprint density at radius 2 is 1.88 bits per heavy atom. The summed E-state index contributed by atoms with van der Waals surface area (Å²) in [4.78, 5) is 14.1. The van der Waals surface area contributed by atoms with Crippen LogP contribution in [0.15, 0.2) is 35.5 Å². The van der Waals surface area contributed by atoms with Crippen molar-refractivity contribution in [2.45, 2.75) is 38.4 Å². The predicted molar refractivity (Wildman–Crippen MR) is 104 cm³/mol. The number of hydrogen-bond donors (Lipinski definition) is 0. The highest BCUT2D eigenvalue weighted by atomic mass is 32.2. The van der Waals surface area contributed by atoms with E-state index in [1.165, 1.54) is 17.3 Å². The minimum absolute atomic E-state index is 0.132. The highest BCUT2D eigenvalue weighted by molar-refractivity contribution is 7.99. The summed E-state index contributed by atoms with van der Waals surface area (Å²) in [5.41, 5.74) is 1.28. The molecule has 0 unspecified atom stereocenters. The molecule has 1 heterocycles. The Morgan fingerprint density at radius 1 is 1.15 bits per heavy atom. The third-order valence-corrected chi connectivity index (χ3v) is 5.18. The van der Waals surface area contributed by atoms with E-state index in [-0.39, 0.29) is 5.91 Å². The number of amides is 1. The molecule has 0 spiro atoms. The zero-order valence-corrected chi connectivity index (χ0v) is 16.7. The molecule has 1 aromatic carbocycles. The summed E-state index contributed by atoms with van der Waals surface area (Å²) in [5.74, 6) is 1.45. The molecule has 0 aliphatic heterocycles. The second-order valence-corrected chi connectivity index (χ2v) is 6.83. The molecule has 0 saturated heterocycles. The third-order valence-electron chi connectivity index (χ3n) is 4.23. The van der Waals surface area contributed by atoms with Gasteiger partial charge in [0.05, 0.1) is 12.4 Å². The maximum atomic E-state index is 12.2. The van der Waals surface area contributed by atoms with Crippen molar-refractivity contribution in [3.8, 4) is 0 Å². The number of carbonyl (C=O) groups is 1. The van der Waals surface area contributed by atoms with Crippen LogP contribution in [0, 0.1) is 0 Å². The number of thioether (sulfide) groups is 1. The molecule has 0 atom stereocenters. The summed E-state index contributed by atoms with van der Waals surface area (Å²) in [6, 6.07) is 10.4. The van der Waals surface area contributed by atoms with Crippen LogP contribution in [0.25, 0.3) is 0 Å². The van der Waals surface area contributed by atoms with E-state index in [0.717, 1.165) is 36.9 Å². The normalized spacial score (nSPS) is 10.9. The molecule has 2 rings (SSSR count). The van der Waals surface area contributed by atoms with Crippen LogP contribution in [0.5, 0.6) is 0 Å². The first-order valence-corrected chi connectivity index (χ1v) is 10.0. The van der Waals surface area contributed by atoms with Crippen molar-refractivity contribution in [1.29, 1.82) is 0 Å². The number of hydrogen-bond acceptors (Lipinski definition) is 5. The molecule has 7 heteroatoms. The minimum Gasteiger partial charge on any atom is -0.383 e. The Kier molecular flexibility index (Phi) is 8.64. The Morgan fingerprint density at radius 3 is 2.54 bits per heavy atom. The lowest BCUT2D eigenvalue weighted by molar-refractivity contribution is -0.127. The first kappa shape index (κ1) is 20.5. The van der Waals surface area contributed by atoms with E-state index in [0.29, 0.717) is 18.9 Å². The summed E-state index contributed by atoms with van der Waals surface area (Å²) >= 11 is 1.45. The van der Waals surface area contributed by atoms with E-state index in [1.54, 1.807) is 7.11 Å². The van der Waals surface area contributed by atoms with Gasteiger partial charge < -0.3 is 14.2 Å². The molecule has 2 aromatic rings. The third kappa shape index (κ3) is 5.85. The molecule has 142 valence electrons. The molecule has 0 aliphatic rings. The van der Waals surface area contributed by atoms with Gasteiger partial charge in [-0.1, -0.05) is 42.1 Å². The van der Waals surface area contributed by atoms with Gasteiger partial charge in [0.2, 0.25) is 5.91 Å². The number of aromatic nitrogens is 3. The van der Waals surface area contributed by atoms with Crippen LogP contribution < -0.4 is 0 Å². The zero-order chi connectivity index (χ0) is 18.8. The highest BCUT2D eigenvalue weighted by Gasteiger charge is 2.16. The maximum Gasteiger partial charge on any atom is 0.233 e. The molecule has 26 heavy (non-hydrogen) atoms. The lowest BCUT2D eigenvalue weighted by Gasteiger charge is -2.18. The number of aryl methyl sites for hydroxylation is 2. The largest absolute Gasteiger partial charge is 0.383 e. The van der Waals surface area contributed by atoms with Gasteiger partial charge in [0, 0.05) is 33.2 Å². The Bertz CT molecular complexity index is 671. The molecule has 6 nitrogen and oxygen atoms in total. The Labute approximate surface area is 159 Å². The molecule has 0 aliphatic carbocycles. The van der Waals surface area contributed by atoms with Gasteiger partial charge in [-0.15, -0.1) is 10.2 Å². The van der Waals surface area contributed by atoms with Crippen molar-refractivity contribution < 1.29 is 9.53 Å². The van der Waals surface area contributed by atoms with Crippen LogP contribution in [0.4, 0.5) is 0 Å². The number of ether oxygens (including phenoxy) is 1. The van der Waals surface area contributed by atoms with Gasteiger partial charge in [-0.25, -0.2) is 0 Å². The number of nitrogens with zero attached hydrogens (tertiary/aromatic N) is 4. The lowest BCUT2D eigenvalue weighted by Crippen LogP contribution is -2.32. The van der Waals surface area contributed by atoms with Gasteiger partial charge in [-0.2, -0.15) is 0 Å². The van der Waals surface area contributed by atoms with Gasteiger partial charge >= 0.3 is 0 Å². The first-order valence-electron chi connectivity index (χ1n) is 9.05. The van der Waals surface area contributed by atoms with Crippen LogP contribution in [-0.4, -0.2) is 58.1 Å². The average Bonchev–Trinajstić information content (AvgIpc) is 3.06. The van der Waals surface area contributed by atoms with Crippen LogP contribution in [-0.2, 0) is 28.9 Å². The monoisotopic (exact) mass is 376 g/mol. The van der Waals surface area contributed by atoms with Crippen molar-refractivity contribution in [3.63, 3.8) is 0 Å².